The van der Waals surface area contributed by atoms with E-state index in [4.69, 9.17) is 9.26 Å². The molecular weight excluding hydrogens is 479 g/mol. The highest BCUT2D eigenvalue weighted by Crippen LogP contribution is 2.24. The summed E-state index contributed by atoms with van der Waals surface area (Å²) in [5.74, 6) is 0.665. The van der Waals surface area contributed by atoms with E-state index < -0.39 is 5.91 Å². The molecule has 7 nitrogen and oxygen atoms in total. The molecule has 2 aromatic heterocycles. The highest BCUT2D eigenvalue weighted by molar-refractivity contribution is 9.10. The Morgan fingerprint density at radius 2 is 2.03 bits per heavy atom. The Morgan fingerprint density at radius 1 is 1.22 bits per heavy atom. The second kappa shape index (κ2) is 9.35. The third-order valence-corrected chi connectivity index (χ3v) is 5.39. The number of amides is 1. The topological polar surface area (TPSA) is 82.2 Å². The Labute approximate surface area is 192 Å². The van der Waals surface area contributed by atoms with Crippen molar-refractivity contribution in [2.75, 3.05) is 5.32 Å². The van der Waals surface area contributed by atoms with Gasteiger partial charge in [-0.1, -0.05) is 35.5 Å². The zero-order chi connectivity index (χ0) is 22.7. The van der Waals surface area contributed by atoms with Gasteiger partial charge in [0, 0.05) is 11.8 Å². The number of rotatable bonds is 7. The molecule has 32 heavy (non-hydrogen) atoms. The van der Waals surface area contributed by atoms with Gasteiger partial charge in [-0.3, -0.25) is 9.48 Å². The molecule has 1 N–H and O–H groups in total. The van der Waals surface area contributed by atoms with Crippen LogP contribution in [-0.2, 0) is 13.2 Å². The summed E-state index contributed by atoms with van der Waals surface area (Å²) in [4.78, 5) is 12.9. The molecule has 9 heteroatoms. The van der Waals surface area contributed by atoms with Gasteiger partial charge in [0.1, 0.15) is 23.9 Å². The van der Waals surface area contributed by atoms with Crippen molar-refractivity contribution < 1.29 is 18.4 Å². The first kappa shape index (κ1) is 21.8. The molecule has 0 fully saturated rings. The molecule has 2 aromatic carbocycles. The van der Waals surface area contributed by atoms with Gasteiger partial charge in [-0.2, -0.15) is 5.10 Å². The van der Waals surface area contributed by atoms with Crippen LogP contribution >= 0.6 is 15.9 Å². The lowest BCUT2D eigenvalue weighted by Crippen LogP contribution is -2.16. The molecule has 0 aliphatic carbocycles. The van der Waals surface area contributed by atoms with Gasteiger partial charge in [-0.25, -0.2) is 4.39 Å². The Kier molecular flexibility index (Phi) is 6.36. The average Bonchev–Trinajstić information content (AvgIpc) is 3.30. The van der Waals surface area contributed by atoms with Gasteiger partial charge in [0.2, 0.25) is 0 Å². The van der Waals surface area contributed by atoms with E-state index in [0.29, 0.717) is 27.1 Å². The van der Waals surface area contributed by atoms with Crippen molar-refractivity contribution >= 4 is 27.7 Å². The lowest BCUT2D eigenvalue weighted by Gasteiger charge is -2.07. The minimum Gasteiger partial charge on any atom is -0.489 e. The summed E-state index contributed by atoms with van der Waals surface area (Å²) in [7, 11) is 0. The molecule has 2 heterocycles. The highest BCUT2D eigenvalue weighted by Gasteiger charge is 2.22. The van der Waals surface area contributed by atoms with E-state index in [9.17, 15) is 9.18 Å². The lowest BCUT2D eigenvalue weighted by molar-refractivity contribution is 0.101. The Morgan fingerprint density at radius 3 is 2.81 bits per heavy atom. The first-order valence-electron chi connectivity index (χ1n) is 9.83. The number of hydrogen-bond acceptors (Lipinski definition) is 5. The van der Waals surface area contributed by atoms with Gasteiger partial charge < -0.3 is 14.6 Å². The quantitative estimate of drug-likeness (QED) is 0.375. The fraction of sp³-hybridized carbons (Fsp3) is 0.174. The summed E-state index contributed by atoms with van der Waals surface area (Å²) >= 11 is 3.38. The van der Waals surface area contributed by atoms with Crippen LogP contribution in [0.2, 0.25) is 0 Å². The molecule has 0 saturated heterocycles. The van der Waals surface area contributed by atoms with E-state index in [-0.39, 0.29) is 30.5 Å². The van der Waals surface area contributed by atoms with E-state index in [0.717, 1.165) is 5.56 Å². The molecule has 0 unspecified atom stereocenters. The maximum atomic E-state index is 13.9. The standard InChI is InChI=1S/C23H20BrFN4O3/c1-14-6-5-8-17(10-14)31-13-18-15(2)32-28-21(18)23(30)26-22-19(24)12-29(27-22)11-16-7-3-4-9-20(16)25/h3-10,12H,11,13H2,1-2H3,(H,26,27,30). The molecule has 0 bridgehead atoms. The maximum absolute atomic E-state index is 13.9. The number of nitrogens with one attached hydrogen (secondary N) is 1. The second-order valence-electron chi connectivity index (χ2n) is 7.24. The van der Waals surface area contributed by atoms with Gasteiger partial charge in [-0.15, -0.1) is 0 Å². The number of carbonyl (C=O) groups is 1. The molecule has 0 aliphatic heterocycles. The molecule has 0 atom stereocenters. The van der Waals surface area contributed by atoms with E-state index in [1.807, 2.05) is 31.2 Å². The molecule has 1 amide bonds. The molecule has 4 rings (SSSR count). The van der Waals surface area contributed by atoms with Crippen molar-refractivity contribution in [1.29, 1.82) is 0 Å². The van der Waals surface area contributed by atoms with Crippen LogP contribution in [0.5, 0.6) is 5.75 Å². The Balaban J connectivity index is 1.48. The van der Waals surface area contributed by atoms with Crippen molar-refractivity contribution in [2.45, 2.75) is 27.0 Å². The summed E-state index contributed by atoms with van der Waals surface area (Å²) in [6.45, 7) is 4.04. The number of aromatic nitrogens is 3. The van der Waals surface area contributed by atoms with Crippen LogP contribution < -0.4 is 10.1 Å². The first-order valence-corrected chi connectivity index (χ1v) is 10.6. The summed E-state index contributed by atoms with van der Waals surface area (Å²) in [5.41, 5.74) is 2.22. The van der Waals surface area contributed by atoms with Crippen LogP contribution in [0.3, 0.4) is 0 Å². The monoisotopic (exact) mass is 498 g/mol. The van der Waals surface area contributed by atoms with E-state index in [1.165, 1.54) is 10.7 Å². The molecule has 0 spiro atoms. The number of ether oxygens (including phenoxy) is 1. The van der Waals surface area contributed by atoms with Gasteiger partial charge >= 0.3 is 0 Å². The fourth-order valence-corrected chi connectivity index (χ4v) is 3.55. The molecule has 4 aromatic rings. The average molecular weight is 499 g/mol. The van der Waals surface area contributed by atoms with Gasteiger partial charge in [0.25, 0.3) is 5.91 Å². The smallest absolute Gasteiger partial charge is 0.279 e. The first-order chi connectivity index (χ1) is 15.4. The van der Waals surface area contributed by atoms with Crippen molar-refractivity contribution in [2.24, 2.45) is 0 Å². The van der Waals surface area contributed by atoms with Gasteiger partial charge in [-0.05, 0) is 53.5 Å². The fourth-order valence-electron chi connectivity index (χ4n) is 3.13. The second-order valence-corrected chi connectivity index (χ2v) is 8.09. The summed E-state index contributed by atoms with van der Waals surface area (Å²) in [6, 6.07) is 14.1. The molecule has 0 radical (unpaired) electrons. The van der Waals surface area contributed by atoms with Gasteiger partial charge in [0.15, 0.2) is 11.5 Å². The number of anilines is 1. The minimum absolute atomic E-state index is 0.116. The van der Waals surface area contributed by atoms with Crippen molar-refractivity contribution in [3.63, 3.8) is 0 Å². The van der Waals surface area contributed by atoms with Crippen LogP contribution in [0.25, 0.3) is 0 Å². The minimum atomic E-state index is -0.485. The SMILES string of the molecule is Cc1cccc(OCc2c(C(=O)Nc3nn(Cc4ccccc4F)cc3Br)noc2C)c1. The number of benzene rings is 2. The van der Waals surface area contributed by atoms with E-state index in [2.05, 4.69) is 31.5 Å². The Bertz CT molecular complexity index is 1270. The zero-order valence-electron chi connectivity index (χ0n) is 17.4. The summed E-state index contributed by atoms with van der Waals surface area (Å²) < 4.78 is 27.1. The predicted molar refractivity (Wildman–Crippen MR) is 120 cm³/mol. The molecule has 164 valence electrons. The van der Waals surface area contributed by atoms with Crippen molar-refractivity contribution in [3.8, 4) is 5.75 Å². The third-order valence-electron chi connectivity index (χ3n) is 4.81. The van der Waals surface area contributed by atoms with E-state index >= 15 is 0 Å². The number of hydrogen-bond donors (Lipinski definition) is 1. The van der Waals surface area contributed by atoms with Crippen LogP contribution in [-0.4, -0.2) is 20.8 Å². The number of carbonyl (C=O) groups excluding carboxylic acids is 1. The third kappa shape index (κ3) is 4.88. The van der Waals surface area contributed by atoms with Crippen molar-refractivity contribution in [3.05, 3.63) is 93.2 Å². The highest BCUT2D eigenvalue weighted by atomic mass is 79.9. The van der Waals surface area contributed by atoms with Crippen LogP contribution in [0.15, 0.2) is 63.7 Å². The molecule has 0 aliphatic rings. The summed E-state index contributed by atoms with van der Waals surface area (Å²) in [5, 5.41) is 10.9. The number of nitrogens with zero attached hydrogens (tertiary/aromatic N) is 3. The predicted octanol–water partition coefficient (Wildman–Crippen LogP) is 5.27. The van der Waals surface area contributed by atoms with Gasteiger partial charge in [0.05, 0.1) is 16.6 Å². The number of aryl methyl sites for hydroxylation is 2. The lowest BCUT2D eigenvalue weighted by atomic mass is 10.2. The number of halogens is 2. The van der Waals surface area contributed by atoms with E-state index in [1.54, 1.807) is 31.3 Å². The normalized spacial score (nSPS) is 10.9. The van der Waals surface area contributed by atoms with Crippen LogP contribution in [0.4, 0.5) is 10.2 Å². The van der Waals surface area contributed by atoms with Crippen LogP contribution in [0.1, 0.15) is 32.9 Å². The summed E-state index contributed by atoms with van der Waals surface area (Å²) in [6.07, 6.45) is 1.66. The largest absolute Gasteiger partial charge is 0.489 e. The molecule has 0 saturated carbocycles. The zero-order valence-corrected chi connectivity index (χ0v) is 19.0. The van der Waals surface area contributed by atoms with Crippen molar-refractivity contribution in [1.82, 2.24) is 14.9 Å². The Hall–Kier alpha value is -3.46. The maximum Gasteiger partial charge on any atom is 0.279 e. The van der Waals surface area contributed by atoms with Crippen LogP contribution in [0, 0.1) is 19.7 Å². The molecular formula is C23H20BrFN4O3.